The summed E-state index contributed by atoms with van der Waals surface area (Å²) >= 11 is 0. The van der Waals surface area contributed by atoms with E-state index in [-0.39, 0.29) is 0 Å². The van der Waals surface area contributed by atoms with Gasteiger partial charge in [-0.05, 0) is 18.6 Å². The van der Waals surface area contributed by atoms with E-state index in [1.165, 1.54) is 6.33 Å². The van der Waals surface area contributed by atoms with Crippen LogP contribution in [-0.2, 0) is 0 Å². The third-order valence-electron chi connectivity index (χ3n) is 2.00. The first-order chi connectivity index (χ1) is 6.77. The van der Waals surface area contributed by atoms with Crippen molar-refractivity contribution in [2.24, 2.45) is 0 Å². The molecule has 0 aliphatic rings. The first-order valence-corrected chi connectivity index (χ1v) is 4.26. The van der Waals surface area contributed by atoms with Crippen LogP contribution in [0.2, 0.25) is 0 Å². The van der Waals surface area contributed by atoms with Crippen molar-refractivity contribution in [3.8, 4) is 11.3 Å². The van der Waals surface area contributed by atoms with Crippen molar-refractivity contribution in [1.82, 2.24) is 15.0 Å². The number of hydrogen-bond donors (Lipinski definition) is 1. The molecular weight excluding hydrogens is 176 g/mol. The summed E-state index contributed by atoms with van der Waals surface area (Å²) in [6.07, 6.45) is 4.98. The molecule has 0 saturated carbocycles. The first-order valence-electron chi connectivity index (χ1n) is 4.26. The maximum Gasteiger partial charge on any atom is 0.127 e. The average molecular weight is 186 g/mol. The van der Waals surface area contributed by atoms with Crippen molar-refractivity contribution in [2.45, 2.75) is 6.92 Å². The number of hydrogen-bond acceptors (Lipinski definition) is 4. The van der Waals surface area contributed by atoms with Crippen LogP contribution in [0.4, 0.5) is 5.82 Å². The molecule has 2 aromatic rings. The second kappa shape index (κ2) is 3.41. The lowest BCUT2D eigenvalue weighted by Gasteiger charge is -2.03. The van der Waals surface area contributed by atoms with Crippen molar-refractivity contribution >= 4 is 5.82 Å². The van der Waals surface area contributed by atoms with E-state index in [9.17, 15) is 0 Å². The molecular formula is C10H10N4. The lowest BCUT2D eigenvalue weighted by molar-refractivity contribution is 1.17. The number of rotatable bonds is 1. The van der Waals surface area contributed by atoms with Gasteiger partial charge >= 0.3 is 0 Å². The molecule has 0 fully saturated rings. The summed E-state index contributed by atoms with van der Waals surface area (Å²) in [7, 11) is 0. The third-order valence-corrected chi connectivity index (χ3v) is 2.00. The van der Waals surface area contributed by atoms with Crippen LogP contribution in [0, 0.1) is 6.92 Å². The summed E-state index contributed by atoms with van der Waals surface area (Å²) in [6, 6.07) is 3.68. The van der Waals surface area contributed by atoms with Gasteiger partial charge in [-0.2, -0.15) is 0 Å². The molecule has 0 spiro atoms. The topological polar surface area (TPSA) is 64.7 Å². The number of aromatic nitrogens is 3. The van der Waals surface area contributed by atoms with E-state index < -0.39 is 0 Å². The van der Waals surface area contributed by atoms with Gasteiger partial charge < -0.3 is 5.73 Å². The van der Waals surface area contributed by atoms with Crippen molar-refractivity contribution in [2.75, 3.05) is 5.73 Å². The molecule has 0 saturated heterocycles. The lowest BCUT2D eigenvalue weighted by Crippen LogP contribution is -1.94. The number of aryl methyl sites for hydroxylation is 1. The minimum absolute atomic E-state index is 0.471. The summed E-state index contributed by atoms with van der Waals surface area (Å²) in [6.45, 7) is 2.01. The molecule has 14 heavy (non-hydrogen) atoms. The molecule has 2 aromatic heterocycles. The van der Waals surface area contributed by atoms with Crippen molar-refractivity contribution < 1.29 is 0 Å². The van der Waals surface area contributed by atoms with E-state index in [1.54, 1.807) is 18.5 Å². The molecule has 2 rings (SSSR count). The Kier molecular flexibility index (Phi) is 2.10. The van der Waals surface area contributed by atoms with Crippen LogP contribution in [0.25, 0.3) is 11.3 Å². The van der Waals surface area contributed by atoms with Gasteiger partial charge in [-0.15, -0.1) is 0 Å². The van der Waals surface area contributed by atoms with Gasteiger partial charge in [-0.3, -0.25) is 4.98 Å². The Hall–Kier alpha value is -1.97. The Bertz CT molecular complexity index is 453. The van der Waals surface area contributed by atoms with E-state index in [2.05, 4.69) is 15.0 Å². The van der Waals surface area contributed by atoms with Crippen LogP contribution >= 0.6 is 0 Å². The molecule has 0 atom stereocenters. The van der Waals surface area contributed by atoms with Crippen LogP contribution in [0.5, 0.6) is 0 Å². The normalized spacial score (nSPS) is 10.1. The van der Waals surface area contributed by atoms with Gasteiger partial charge in [0.25, 0.3) is 0 Å². The van der Waals surface area contributed by atoms with Gasteiger partial charge in [0.15, 0.2) is 0 Å². The predicted molar refractivity (Wildman–Crippen MR) is 54.4 cm³/mol. The highest BCUT2D eigenvalue weighted by atomic mass is 14.9. The summed E-state index contributed by atoms with van der Waals surface area (Å²) in [5.41, 5.74) is 8.49. The Morgan fingerprint density at radius 3 is 2.86 bits per heavy atom. The molecule has 0 unspecified atom stereocenters. The van der Waals surface area contributed by atoms with Crippen LogP contribution in [-0.4, -0.2) is 15.0 Å². The van der Waals surface area contributed by atoms with E-state index in [0.29, 0.717) is 5.82 Å². The molecule has 4 heteroatoms. The van der Waals surface area contributed by atoms with Gasteiger partial charge in [0.05, 0.1) is 5.69 Å². The molecule has 4 nitrogen and oxygen atoms in total. The van der Waals surface area contributed by atoms with Crippen LogP contribution in [0.1, 0.15) is 5.56 Å². The molecule has 0 bridgehead atoms. The summed E-state index contributed by atoms with van der Waals surface area (Å²) < 4.78 is 0. The highest BCUT2D eigenvalue weighted by Crippen LogP contribution is 2.19. The van der Waals surface area contributed by atoms with Crippen molar-refractivity contribution in [3.05, 3.63) is 36.4 Å². The molecule has 2 N–H and O–H groups in total. The average Bonchev–Trinajstić information content (AvgIpc) is 2.18. The molecule has 0 aliphatic heterocycles. The van der Waals surface area contributed by atoms with Gasteiger partial charge in [-0.1, -0.05) is 0 Å². The second-order valence-electron chi connectivity index (χ2n) is 3.02. The molecule has 0 radical (unpaired) electrons. The van der Waals surface area contributed by atoms with Crippen molar-refractivity contribution in [1.29, 1.82) is 0 Å². The quantitative estimate of drug-likeness (QED) is 0.731. The molecule has 0 aromatic carbocycles. The van der Waals surface area contributed by atoms with Gasteiger partial charge in [0, 0.05) is 24.0 Å². The van der Waals surface area contributed by atoms with Crippen LogP contribution in [0.3, 0.4) is 0 Å². The Labute approximate surface area is 81.9 Å². The largest absolute Gasteiger partial charge is 0.384 e. The van der Waals surface area contributed by atoms with Gasteiger partial charge in [-0.25, -0.2) is 9.97 Å². The highest BCUT2D eigenvalue weighted by molar-refractivity contribution is 5.63. The number of nitrogens with zero attached hydrogens (tertiary/aromatic N) is 3. The number of anilines is 1. The SMILES string of the molecule is Cc1ccncc1-c1cc(N)ncn1. The van der Waals surface area contributed by atoms with E-state index in [1.807, 2.05) is 13.0 Å². The Morgan fingerprint density at radius 1 is 1.29 bits per heavy atom. The van der Waals surface area contributed by atoms with E-state index in [4.69, 9.17) is 5.73 Å². The zero-order valence-electron chi connectivity index (χ0n) is 7.81. The van der Waals surface area contributed by atoms with Crippen molar-refractivity contribution in [3.63, 3.8) is 0 Å². The highest BCUT2D eigenvalue weighted by Gasteiger charge is 2.02. The zero-order chi connectivity index (χ0) is 9.97. The predicted octanol–water partition coefficient (Wildman–Crippen LogP) is 1.43. The minimum Gasteiger partial charge on any atom is -0.384 e. The maximum absolute atomic E-state index is 5.57. The summed E-state index contributed by atoms with van der Waals surface area (Å²) in [5.74, 6) is 0.471. The van der Waals surface area contributed by atoms with E-state index >= 15 is 0 Å². The fraction of sp³-hybridized carbons (Fsp3) is 0.100. The lowest BCUT2D eigenvalue weighted by atomic mass is 10.1. The monoisotopic (exact) mass is 186 g/mol. The Balaban J connectivity index is 2.55. The molecule has 0 amide bonds. The summed E-state index contributed by atoms with van der Waals surface area (Å²) in [4.78, 5) is 12.0. The second-order valence-corrected chi connectivity index (χ2v) is 3.02. The molecule has 0 aliphatic carbocycles. The number of pyridine rings is 1. The Morgan fingerprint density at radius 2 is 2.14 bits per heavy atom. The number of nitrogens with two attached hydrogens (primary N) is 1. The minimum atomic E-state index is 0.471. The fourth-order valence-electron chi connectivity index (χ4n) is 1.25. The van der Waals surface area contributed by atoms with Gasteiger partial charge in [0.2, 0.25) is 0 Å². The van der Waals surface area contributed by atoms with Crippen LogP contribution in [0.15, 0.2) is 30.9 Å². The fourth-order valence-corrected chi connectivity index (χ4v) is 1.25. The summed E-state index contributed by atoms with van der Waals surface area (Å²) in [5, 5.41) is 0. The van der Waals surface area contributed by atoms with E-state index in [0.717, 1.165) is 16.8 Å². The molecule has 2 heterocycles. The smallest absolute Gasteiger partial charge is 0.127 e. The standard InChI is InChI=1S/C10H10N4/c1-7-2-3-12-5-8(7)9-4-10(11)14-6-13-9/h2-6H,1H3,(H2,11,13,14). The zero-order valence-corrected chi connectivity index (χ0v) is 7.81. The molecule has 70 valence electrons. The van der Waals surface area contributed by atoms with Crippen LogP contribution < -0.4 is 5.73 Å². The third kappa shape index (κ3) is 1.54. The maximum atomic E-state index is 5.57. The first kappa shape index (κ1) is 8.62. The van der Waals surface area contributed by atoms with Gasteiger partial charge in [0.1, 0.15) is 12.1 Å². The number of nitrogen functional groups attached to an aromatic ring is 1.